The lowest BCUT2D eigenvalue weighted by atomic mass is 10.0. The van der Waals surface area contributed by atoms with Crippen LogP contribution in [-0.4, -0.2) is 42.8 Å². The molecule has 1 heterocycles. The molecule has 26 heavy (non-hydrogen) atoms. The van der Waals surface area contributed by atoms with E-state index in [0.29, 0.717) is 0 Å². The highest BCUT2D eigenvalue weighted by Crippen LogP contribution is 2.30. The van der Waals surface area contributed by atoms with Gasteiger partial charge >= 0.3 is 0 Å². The molecule has 1 atom stereocenters. The molecule has 1 amide bonds. The molecule has 0 fully saturated rings. The van der Waals surface area contributed by atoms with Crippen LogP contribution in [0.5, 0.6) is 5.75 Å². The Kier molecular flexibility index (Phi) is 5.67. The number of hydroxylamine groups is 1. The zero-order valence-electron chi connectivity index (χ0n) is 14.4. The van der Waals surface area contributed by atoms with Gasteiger partial charge in [0.15, 0.2) is 21.4 Å². The zero-order chi connectivity index (χ0) is 19.5. The number of sulfone groups is 1. The van der Waals surface area contributed by atoms with Gasteiger partial charge in [-0.15, -0.1) is 0 Å². The average molecular weight is 386 g/mol. The number of nitrogens with one attached hydrogen (secondary N) is 1. The molecule has 0 aliphatic rings. The Morgan fingerprint density at radius 1 is 1.46 bits per heavy atom. The van der Waals surface area contributed by atoms with Crippen LogP contribution in [0.2, 0.25) is 0 Å². The molecule has 0 radical (unpaired) electrons. The van der Waals surface area contributed by atoms with E-state index < -0.39 is 26.3 Å². The molecule has 0 aliphatic carbocycles. The highest BCUT2D eigenvalue weighted by atomic mass is 32.2. The lowest BCUT2D eigenvalue weighted by molar-refractivity contribution is -0.131. The first-order valence-electron chi connectivity index (χ1n) is 7.56. The van der Waals surface area contributed by atoms with E-state index in [4.69, 9.17) is 14.5 Å². The molecule has 0 saturated carbocycles. The van der Waals surface area contributed by atoms with Gasteiger partial charge in [0.2, 0.25) is 0 Å². The van der Waals surface area contributed by atoms with Crippen LogP contribution in [0.15, 0.2) is 28.8 Å². The van der Waals surface area contributed by atoms with Crippen molar-refractivity contribution in [2.24, 2.45) is 0 Å². The van der Waals surface area contributed by atoms with Crippen molar-refractivity contribution in [2.45, 2.75) is 24.5 Å². The van der Waals surface area contributed by atoms with Crippen molar-refractivity contribution in [1.29, 1.82) is 0 Å². The van der Waals surface area contributed by atoms with E-state index >= 15 is 0 Å². The van der Waals surface area contributed by atoms with Gasteiger partial charge in [-0.1, -0.05) is 11.2 Å². The molecule has 1 aromatic heterocycles. The van der Waals surface area contributed by atoms with Crippen molar-refractivity contribution >= 4 is 15.7 Å². The number of methoxy groups -OCH3 is 1. The second-order valence-electron chi connectivity index (χ2n) is 5.94. The monoisotopic (exact) mass is 386 g/mol. The number of ether oxygens (including phenoxy) is 1. The van der Waals surface area contributed by atoms with Crippen LogP contribution in [-0.2, 0) is 21.1 Å². The Labute approximate surface area is 149 Å². The van der Waals surface area contributed by atoms with E-state index in [1.165, 1.54) is 37.7 Å². The van der Waals surface area contributed by atoms with Crippen molar-refractivity contribution in [3.63, 3.8) is 0 Å². The van der Waals surface area contributed by atoms with Crippen molar-refractivity contribution < 1.29 is 32.1 Å². The predicted octanol–water partition coefficient (Wildman–Crippen LogP) is 1.73. The van der Waals surface area contributed by atoms with Gasteiger partial charge in [0.25, 0.3) is 5.91 Å². The number of nitrogens with zero attached hydrogens (tertiary/aromatic N) is 1. The van der Waals surface area contributed by atoms with E-state index in [0.717, 1.165) is 6.26 Å². The molecule has 142 valence electrons. The number of halogens is 1. The Morgan fingerprint density at radius 3 is 2.73 bits per heavy atom. The lowest BCUT2D eigenvalue weighted by Gasteiger charge is -2.24. The maximum Gasteiger partial charge on any atom is 0.264 e. The highest BCUT2D eigenvalue weighted by Gasteiger charge is 2.43. The van der Waals surface area contributed by atoms with Gasteiger partial charge in [-0.3, -0.25) is 10.0 Å². The summed E-state index contributed by atoms with van der Waals surface area (Å²) >= 11 is 0. The number of rotatable bonds is 7. The number of hydrogen-bond acceptors (Lipinski definition) is 7. The van der Waals surface area contributed by atoms with Gasteiger partial charge in [-0.25, -0.2) is 18.3 Å². The Balaban J connectivity index is 2.25. The average Bonchev–Trinajstić information content (AvgIpc) is 3.06. The minimum absolute atomic E-state index is 0.0373. The van der Waals surface area contributed by atoms with Crippen LogP contribution in [0.25, 0.3) is 11.3 Å². The standard InChI is InChI=1S/C16H19FN2O6S/c1-16(15(20)18-21,26(3,22)23)8-7-10-9-12(19-25-10)11-5-4-6-13(24-2)14(11)17/h4-6,9,21H,7-8H2,1-3H3,(H,18,20)/t16-/m1/s1. The SMILES string of the molecule is COc1cccc(-c2cc(CC[C@](C)(C(=O)NO)S(C)(=O)=O)on2)c1F. The van der Waals surface area contributed by atoms with Crippen molar-refractivity contribution in [2.75, 3.05) is 13.4 Å². The van der Waals surface area contributed by atoms with E-state index in [-0.39, 0.29) is 35.6 Å². The summed E-state index contributed by atoms with van der Waals surface area (Å²) in [5.74, 6) is -1.33. The molecule has 8 nitrogen and oxygen atoms in total. The number of benzene rings is 1. The Bertz CT molecular complexity index is 911. The summed E-state index contributed by atoms with van der Waals surface area (Å²) < 4.78 is 46.3. The first-order chi connectivity index (χ1) is 12.1. The van der Waals surface area contributed by atoms with E-state index in [1.807, 2.05) is 0 Å². The van der Waals surface area contributed by atoms with Crippen LogP contribution < -0.4 is 10.2 Å². The summed E-state index contributed by atoms with van der Waals surface area (Å²) in [6.45, 7) is 1.20. The maximum absolute atomic E-state index is 14.3. The molecule has 0 spiro atoms. The summed E-state index contributed by atoms with van der Waals surface area (Å²) in [6, 6.07) is 6.01. The third kappa shape index (κ3) is 3.70. The van der Waals surface area contributed by atoms with Gasteiger partial charge < -0.3 is 9.26 Å². The van der Waals surface area contributed by atoms with E-state index in [9.17, 15) is 17.6 Å². The molecule has 2 rings (SSSR count). The van der Waals surface area contributed by atoms with Gasteiger partial charge in [0, 0.05) is 24.3 Å². The zero-order valence-corrected chi connectivity index (χ0v) is 15.3. The number of amides is 1. The summed E-state index contributed by atoms with van der Waals surface area (Å²) in [4.78, 5) is 11.8. The quantitative estimate of drug-likeness (QED) is 0.549. The number of hydrogen-bond donors (Lipinski definition) is 2. The maximum atomic E-state index is 14.3. The fraction of sp³-hybridized carbons (Fsp3) is 0.375. The Hall–Kier alpha value is -2.46. The fourth-order valence-corrected chi connectivity index (χ4v) is 3.23. The molecule has 0 unspecified atom stereocenters. The van der Waals surface area contributed by atoms with E-state index in [1.54, 1.807) is 6.07 Å². The number of carbonyl (C=O) groups is 1. The highest BCUT2D eigenvalue weighted by molar-refractivity contribution is 7.92. The largest absolute Gasteiger partial charge is 0.494 e. The summed E-state index contributed by atoms with van der Waals surface area (Å²) in [6.07, 6.45) is 0.780. The minimum atomic E-state index is -3.82. The molecule has 2 aromatic rings. The molecule has 1 aromatic carbocycles. The third-order valence-corrected chi connectivity index (χ3v) is 6.29. The van der Waals surface area contributed by atoms with Crippen LogP contribution in [0.1, 0.15) is 19.1 Å². The van der Waals surface area contributed by atoms with Crippen LogP contribution in [0.3, 0.4) is 0 Å². The first kappa shape index (κ1) is 19.9. The third-order valence-electron chi connectivity index (χ3n) is 4.27. The van der Waals surface area contributed by atoms with Gasteiger partial charge in [-0.2, -0.15) is 0 Å². The van der Waals surface area contributed by atoms with E-state index in [2.05, 4.69) is 5.16 Å². The second kappa shape index (κ2) is 7.42. The predicted molar refractivity (Wildman–Crippen MR) is 89.9 cm³/mol. The smallest absolute Gasteiger partial charge is 0.264 e. The molecule has 0 bridgehead atoms. The number of carbonyl (C=O) groups excluding carboxylic acids is 1. The van der Waals surface area contributed by atoms with Crippen molar-refractivity contribution in [3.8, 4) is 17.0 Å². The second-order valence-corrected chi connectivity index (χ2v) is 8.39. The molecule has 0 aliphatic heterocycles. The minimum Gasteiger partial charge on any atom is -0.494 e. The first-order valence-corrected chi connectivity index (χ1v) is 9.45. The lowest BCUT2D eigenvalue weighted by Crippen LogP contribution is -2.49. The van der Waals surface area contributed by atoms with Crippen molar-refractivity contribution in [1.82, 2.24) is 10.6 Å². The van der Waals surface area contributed by atoms with Crippen LogP contribution >= 0.6 is 0 Å². The van der Waals surface area contributed by atoms with Gasteiger partial charge in [0.1, 0.15) is 16.2 Å². The van der Waals surface area contributed by atoms with Gasteiger partial charge in [-0.05, 0) is 25.5 Å². The molecular weight excluding hydrogens is 367 g/mol. The Morgan fingerprint density at radius 2 is 2.15 bits per heavy atom. The summed E-state index contributed by atoms with van der Waals surface area (Å²) in [7, 11) is -2.48. The normalized spacial score (nSPS) is 13.9. The van der Waals surface area contributed by atoms with Gasteiger partial charge in [0.05, 0.1) is 7.11 Å². The summed E-state index contributed by atoms with van der Waals surface area (Å²) in [5.41, 5.74) is 1.75. The fourth-order valence-electron chi connectivity index (χ4n) is 2.37. The van der Waals surface area contributed by atoms with Crippen LogP contribution in [0.4, 0.5) is 4.39 Å². The number of aromatic nitrogens is 1. The number of aryl methyl sites for hydroxylation is 1. The molecular formula is C16H19FN2O6S. The molecule has 2 N–H and O–H groups in total. The topological polar surface area (TPSA) is 119 Å². The molecule has 10 heteroatoms. The van der Waals surface area contributed by atoms with Crippen LogP contribution in [0, 0.1) is 5.82 Å². The van der Waals surface area contributed by atoms with Crippen molar-refractivity contribution in [3.05, 3.63) is 35.8 Å². The molecule has 0 saturated heterocycles. The summed E-state index contributed by atoms with van der Waals surface area (Å²) in [5, 5.41) is 12.6.